The van der Waals surface area contributed by atoms with Gasteiger partial charge in [0.1, 0.15) is 0 Å². The van der Waals surface area contributed by atoms with Gasteiger partial charge >= 0.3 is 21.1 Å². The van der Waals surface area contributed by atoms with Gasteiger partial charge in [-0.1, -0.05) is 12.9 Å². The summed E-state index contributed by atoms with van der Waals surface area (Å²) in [7, 11) is 1.26. The molecule has 4 nitrogen and oxygen atoms in total. The maximum absolute atomic E-state index is 8.83. The molecule has 0 aliphatic heterocycles. The van der Waals surface area contributed by atoms with Crippen LogP contribution in [0.4, 0.5) is 0 Å². The van der Waals surface area contributed by atoms with Crippen molar-refractivity contribution in [3.63, 3.8) is 0 Å². The minimum Gasteiger partial charge on any atom is -0.665 e. The van der Waals surface area contributed by atoms with E-state index >= 15 is 0 Å². The number of methoxy groups -OCH3 is 1. The molecular weight excluding hydrogens is 347 g/mol. The first-order valence-electron chi connectivity index (χ1n) is 1.24. The molecule has 59 valence electrons. The molecule has 0 heterocycles. The van der Waals surface area contributed by atoms with E-state index in [0.717, 1.165) is 0 Å². The Balaban J connectivity index is -0.0000000131. The first-order chi connectivity index (χ1) is 3.33. The largest absolute Gasteiger partial charge is 2.00 e. The minimum atomic E-state index is 0. The first kappa shape index (κ1) is 31.9. The molecule has 0 fully saturated rings. The van der Waals surface area contributed by atoms with E-state index in [2.05, 4.69) is 4.74 Å². The van der Waals surface area contributed by atoms with Crippen molar-refractivity contribution < 1.29 is 59.1 Å². The normalized spacial score (nSPS) is 3.30. The van der Waals surface area contributed by atoms with E-state index in [4.69, 9.17) is 14.7 Å². The van der Waals surface area contributed by atoms with Gasteiger partial charge in [-0.15, -0.1) is 0 Å². The summed E-state index contributed by atoms with van der Waals surface area (Å²) in [5.74, 6) is 0. The van der Waals surface area contributed by atoms with Crippen molar-refractivity contribution in [2.24, 2.45) is 0 Å². The third-order valence-corrected chi connectivity index (χ3v) is 0.0833. The second-order valence-corrected chi connectivity index (χ2v) is 0.379. The average Bonchev–Trinajstić information content (AvgIpc) is 1.69. The van der Waals surface area contributed by atoms with Crippen molar-refractivity contribution in [3.8, 4) is 0 Å². The number of hydrogen-bond acceptors (Lipinski definition) is 3. The Morgan fingerprint density at radius 3 is 1.50 bits per heavy atom. The Bertz CT molecular complexity index is 52.5. The van der Waals surface area contributed by atoms with Gasteiger partial charge in [-0.2, -0.15) is 0 Å². The van der Waals surface area contributed by atoms with E-state index in [9.17, 15) is 0 Å². The summed E-state index contributed by atoms with van der Waals surface area (Å²) < 4.78 is 3.74. The van der Waals surface area contributed by atoms with Gasteiger partial charge in [0.25, 0.3) is 0 Å². The third kappa shape index (κ3) is 291. The number of ether oxygens (including phenoxy) is 1. The zero-order valence-electron chi connectivity index (χ0n) is 5.53. The Hall–Kier alpha value is 0.213. The van der Waals surface area contributed by atoms with Crippen LogP contribution >= 0.6 is 0 Å². The van der Waals surface area contributed by atoms with Crippen LogP contribution in [0.5, 0.6) is 0 Å². The van der Waals surface area contributed by atoms with Gasteiger partial charge in [0.15, 0.2) is 0 Å². The summed E-state index contributed by atoms with van der Waals surface area (Å²) in [4.78, 5) is 17.1. The zero-order chi connectivity index (χ0) is 6.12. The van der Waals surface area contributed by atoms with Crippen molar-refractivity contribution in [1.82, 2.24) is 0 Å². The van der Waals surface area contributed by atoms with Crippen LogP contribution in [-0.2, 0) is 53.9 Å². The van der Waals surface area contributed by atoms with Crippen molar-refractivity contribution in [3.05, 3.63) is 7.43 Å². The molecule has 1 radical (unpaired) electrons. The fourth-order valence-corrected chi connectivity index (χ4v) is 0. The molecule has 0 aliphatic carbocycles. The summed E-state index contributed by atoms with van der Waals surface area (Å²) >= 11 is 0. The van der Waals surface area contributed by atoms with Crippen LogP contribution in [0.3, 0.4) is 0 Å². The maximum Gasteiger partial charge on any atom is 2.00 e. The number of hydrogen-bond donors (Lipinski definition) is 1. The Morgan fingerprint density at radius 1 is 1.40 bits per heavy atom. The van der Waals surface area contributed by atoms with E-state index in [1.165, 1.54) is 13.6 Å². The predicted molar refractivity (Wildman–Crippen MR) is 27.4 cm³/mol. The fraction of sp³-hybridized carbons (Fsp3) is 0.250. The molecule has 0 aromatic heterocycles. The number of rotatable bonds is 1. The van der Waals surface area contributed by atoms with E-state index in [0.29, 0.717) is 6.47 Å². The molecule has 0 aromatic carbocycles. The van der Waals surface area contributed by atoms with E-state index in [-0.39, 0.29) is 47.0 Å². The molecule has 0 atom stereocenters. The molecule has 0 spiro atoms. The van der Waals surface area contributed by atoms with Gasteiger partial charge in [-0.3, -0.25) is 0 Å². The van der Waals surface area contributed by atoms with Gasteiger partial charge in [-0.25, -0.2) is 0 Å². The summed E-state index contributed by atoms with van der Waals surface area (Å²) in [6.45, 7) is 1.68. The molecule has 0 saturated carbocycles. The maximum atomic E-state index is 8.83. The SMILES string of the molecule is CO[C-]=O.O=[C-]O.[CH3-].[V].[W+2]. The van der Waals surface area contributed by atoms with Gasteiger partial charge in [0, 0.05) is 25.7 Å². The summed E-state index contributed by atoms with van der Waals surface area (Å²) in [5.41, 5.74) is 0. The molecule has 0 unspecified atom stereocenters. The molecule has 0 aromatic rings. The Kier molecular flexibility index (Phi) is 192. The minimum absolute atomic E-state index is 0. The molecule has 0 bridgehead atoms. The zero-order valence-corrected chi connectivity index (χ0v) is 9.86. The van der Waals surface area contributed by atoms with Gasteiger partial charge in [0.05, 0.1) is 0 Å². The predicted octanol–water partition coefficient (Wildman–Crippen LogP) is -0.243. The Morgan fingerprint density at radius 2 is 1.50 bits per heavy atom. The topological polar surface area (TPSA) is 63.6 Å². The van der Waals surface area contributed by atoms with Gasteiger partial charge < -0.3 is 26.9 Å². The van der Waals surface area contributed by atoms with Crippen LogP contribution < -0.4 is 0 Å². The average molecular weight is 354 g/mol. The van der Waals surface area contributed by atoms with Gasteiger partial charge in [-0.05, 0) is 0 Å². The molecule has 0 amide bonds. The van der Waals surface area contributed by atoms with Crippen LogP contribution in [0.1, 0.15) is 0 Å². The summed E-state index contributed by atoms with van der Waals surface area (Å²) in [5, 5.41) is 6.76. The number of carbonyl (C=O) groups excluding carboxylic acids is 1. The molecular formula is C4H7O4VW-. The van der Waals surface area contributed by atoms with E-state index in [1.807, 2.05) is 0 Å². The fourth-order valence-electron chi connectivity index (χ4n) is 0. The molecule has 0 rings (SSSR count). The van der Waals surface area contributed by atoms with Crippen LogP contribution in [0.15, 0.2) is 0 Å². The van der Waals surface area contributed by atoms with Crippen molar-refractivity contribution in [2.75, 3.05) is 7.11 Å². The van der Waals surface area contributed by atoms with Crippen molar-refractivity contribution in [1.29, 1.82) is 0 Å². The van der Waals surface area contributed by atoms with Crippen LogP contribution in [0, 0.1) is 7.43 Å². The molecule has 0 aliphatic rings. The monoisotopic (exact) mass is 354 g/mol. The van der Waals surface area contributed by atoms with Crippen LogP contribution in [-0.4, -0.2) is 25.2 Å². The molecule has 0 saturated heterocycles. The molecule has 10 heavy (non-hydrogen) atoms. The standard InChI is InChI=1S/C2H3O2.CHO2.CH3.V.W/c1-4-2-3;2-1-3;;;/h1H3;(H,2,3);1H3;;/q3*-1;;+2. The van der Waals surface area contributed by atoms with E-state index < -0.39 is 0 Å². The van der Waals surface area contributed by atoms with E-state index in [1.54, 1.807) is 0 Å². The van der Waals surface area contributed by atoms with Gasteiger partial charge in [0.2, 0.25) is 0 Å². The third-order valence-electron chi connectivity index (χ3n) is 0.0833. The van der Waals surface area contributed by atoms with Crippen LogP contribution in [0.25, 0.3) is 0 Å². The number of aliphatic hydroxyl groups excluding tert-OH is 1. The first-order valence-corrected chi connectivity index (χ1v) is 1.24. The molecule has 1 N–H and O–H groups in total. The quantitative estimate of drug-likeness (QED) is 0.661. The second-order valence-electron chi connectivity index (χ2n) is 0.379. The Labute approximate surface area is 86.5 Å². The smallest absolute Gasteiger partial charge is 0.665 e. The second kappa shape index (κ2) is 60.2. The molecule has 6 heteroatoms. The summed E-state index contributed by atoms with van der Waals surface area (Å²) in [6, 6.07) is 0. The summed E-state index contributed by atoms with van der Waals surface area (Å²) in [6.07, 6.45) is 0. The van der Waals surface area contributed by atoms with Crippen molar-refractivity contribution >= 4 is 12.9 Å². The van der Waals surface area contributed by atoms with Crippen LogP contribution in [0.2, 0.25) is 0 Å². The van der Waals surface area contributed by atoms with Crippen molar-refractivity contribution in [2.45, 2.75) is 0 Å².